The summed E-state index contributed by atoms with van der Waals surface area (Å²) >= 11 is 17.7. The van der Waals surface area contributed by atoms with Crippen LogP contribution in [0.1, 0.15) is 29.6 Å². The molecule has 0 radical (unpaired) electrons. The van der Waals surface area contributed by atoms with E-state index in [0.29, 0.717) is 39.4 Å². The number of aliphatic hydroxyl groups excluding tert-OH is 1. The van der Waals surface area contributed by atoms with Crippen molar-refractivity contribution in [2.45, 2.75) is 47.6 Å². The van der Waals surface area contributed by atoms with Crippen LogP contribution in [0.25, 0.3) is 11.0 Å². The van der Waals surface area contributed by atoms with Crippen molar-refractivity contribution in [2.75, 3.05) is 32.9 Å². The van der Waals surface area contributed by atoms with Gasteiger partial charge in [0.05, 0.1) is 49.9 Å². The number of imide groups is 1. The van der Waals surface area contributed by atoms with Crippen molar-refractivity contribution in [3.05, 3.63) is 90.6 Å². The zero-order valence-corrected chi connectivity index (χ0v) is 31.3. The highest BCUT2D eigenvalue weighted by Crippen LogP contribution is 2.63. The second kappa shape index (κ2) is 13.2. The average Bonchev–Trinajstić information content (AvgIpc) is 3.47. The molecule has 2 fully saturated rings. The van der Waals surface area contributed by atoms with Gasteiger partial charge in [0.1, 0.15) is 18.1 Å². The third-order valence-corrected chi connectivity index (χ3v) is 12.1. The van der Waals surface area contributed by atoms with Gasteiger partial charge in [-0.25, -0.2) is 28.5 Å². The van der Waals surface area contributed by atoms with E-state index >= 15 is 0 Å². The third kappa shape index (κ3) is 5.09. The van der Waals surface area contributed by atoms with Crippen molar-refractivity contribution in [1.82, 2.24) is 28.4 Å². The van der Waals surface area contributed by atoms with E-state index < -0.39 is 50.5 Å². The molecule has 0 spiro atoms. The molecule has 2 amide bonds. The molecule has 2 aliphatic heterocycles. The number of aromatic nitrogens is 5. The van der Waals surface area contributed by atoms with Gasteiger partial charge in [-0.2, -0.15) is 0 Å². The molecule has 1 saturated carbocycles. The second-order valence-corrected chi connectivity index (χ2v) is 14.4. The van der Waals surface area contributed by atoms with Crippen LogP contribution < -0.4 is 31.1 Å². The van der Waals surface area contributed by atoms with Crippen molar-refractivity contribution in [1.29, 1.82) is 0 Å². The Labute approximate surface area is 313 Å². The van der Waals surface area contributed by atoms with Gasteiger partial charge in [-0.05, 0) is 23.3 Å². The predicted molar refractivity (Wildman–Crippen MR) is 193 cm³/mol. The van der Waals surface area contributed by atoms with Crippen LogP contribution in [0.5, 0.6) is 17.2 Å². The molecule has 4 aromatic rings. The lowest BCUT2D eigenvalue weighted by atomic mass is 9.64. The molecule has 1 aliphatic carbocycles. The summed E-state index contributed by atoms with van der Waals surface area (Å²) in [4.78, 5) is 70.8. The van der Waals surface area contributed by atoms with Crippen molar-refractivity contribution in [3.8, 4) is 17.2 Å². The highest BCUT2D eigenvalue weighted by molar-refractivity contribution is 9.09. The number of likely N-dealkylation sites (tertiary alicyclic amines) is 1. The summed E-state index contributed by atoms with van der Waals surface area (Å²) in [5.41, 5.74) is 0.277. The van der Waals surface area contributed by atoms with Crippen LogP contribution >= 0.6 is 39.1 Å². The zero-order valence-electron chi connectivity index (χ0n) is 28.2. The average molecular weight is 820 g/mol. The molecular formula is C34H33BrCl2N6O9. The van der Waals surface area contributed by atoms with Gasteiger partial charge in [0.2, 0.25) is 0 Å². The molecule has 0 unspecified atom stereocenters. The largest absolute Gasteiger partial charge is 0.493 e. The molecule has 2 aromatic heterocycles. The Balaban J connectivity index is 1.29. The van der Waals surface area contributed by atoms with E-state index in [-0.39, 0.29) is 50.3 Å². The minimum absolute atomic E-state index is 0.0364. The first-order chi connectivity index (χ1) is 24.9. The second-order valence-electron chi connectivity index (χ2n) is 12.7. The number of aliphatic hydroxyl groups is 1. The Morgan fingerprint density at radius 3 is 2.35 bits per heavy atom. The quantitative estimate of drug-likeness (QED) is 0.108. The number of fused-ring (bicyclic) bond motifs is 5. The summed E-state index contributed by atoms with van der Waals surface area (Å²) in [5.74, 6) is -1.11. The van der Waals surface area contributed by atoms with Crippen molar-refractivity contribution < 1.29 is 28.9 Å². The van der Waals surface area contributed by atoms with Crippen LogP contribution in [0.2, 0.25) is 0 Å². The lowest BCUT2D eigenvalue weighted by Gasteiger charge is -2.49. The van der Waals surface area contributed by atoms with Crippen LogP contribution in [0, 0.1) is 0 Å². The first-order valence-electron chi connectivity index (χ1n) is 16.2. The molecule has 1 N–H and O–H groups in total. The third-order valence-electron chi connectivity index (χ3n) is 10.2. The fraction of sp³-hybridized carbons (Fsp3) is 0.412. The first-order valence-corrected chi connectivity index (χ1v) is 18.1. The van der Waals surface area contributed by atoms with Gasteiger partial charge in [0, 0.05) is 44.5 Å². The number of methoxy groups -OCH3 is 2. The standard InChI is InChI=1S/C34H33BrCl2N6O9/c1-39-23-15-26(51-3)25(50-2)14-22(23)38-21(28(39)45)9-10-40-31(48)42-11-8-20-24(43(42)32(40)49)16-33(36)29(46)41(17-35)30(47)34(33,37)27(20)18-4-6-19(7-5-18)52-13-12-44/h4-8,14-15,24,27,44H,9-13,16-17H2,1-3H3/t24-,27+,33-,34+/m1/s1. The van der Waals surface area contributed by atoms with Gasteiger partial charge in [0.25, 0.3) is 17.4 Å². The molecule has 2 aromatic carbocycles. The fourth-order valence-corrected chi connectivity index (χ4v) is 9.04. The number of nitrogens with zero attached hydrogens (tertiary/aromatic N) is 6. The molecule has 15 nitrogen and oxygen atoms in total. The summed E-state index contributed by atoms with van der Waals surface area (Å²) in [6, 6.07) is 9.02. The van der Waals surface area contributed by atoms with E-state index in [1.807, 2.05) is 0 Å². The minimum Gasteiger partial charge on any atom is -0.493 e. The Morgan fingerprint density at radius 2 is 1.69 bits per heavy atom. The molecule has 7 rings (SSSR count). The van der Waals surface area contributed by atoms with Gasteiger partial charge in [0.15, 0.2) is 21.2 Å². The molecule has 274 valence electrons. The van der Waals surface area contributed by atoms with Gasteiger partial charge in [-0.1, -0.05) is 34.1 Å². The van der Waals surface area contributed by atoms with E-state index in [0.717, 1.165) is 9.47 Å². The topological polar surface area (TPSA) is 169 Å². The van der Waals surface area contributed by atoms with Crippen molar-refractivity contribution in [3.63, 3.8) is 0 Å². The Hall–Kier alpha value is -4.38. The van der Waals surface area contributed by atoms with Crippen LogP contribution in [-0.4, -0.2) is 87.9 Å². The predicted octanol–water partition coefficient (Wildman–Crippen LogP) is 2.03. The minimum atomic E-state index is -2.00. The van der Waals surface area contributed by atoms with E-state index in [4.69, 9.17) is 37.4 Å². The maximum absolute atomic E-state index is 14.2. The molecule has 52 heavy (non-hydrogen) atoms. The highest BCUT2D eigenvalue weighted by atomic mass is 79.9. The molecule has 3 aliphatic rings. The van der Waals surface area contributed by atoms with Crippen LogP contribution in [-0.2, 0) is 36.1 Å². The Kier molecular flexibility index (Phi) is 9.16. The van der Waals surface area contributed by atoms with E-state index in [1.54, 1.807) is 49.5 Å². The number of carbonyl (C=O) groups excluding carboxylic acids is 2. The number of alkyl halides is 3. The monoisotopic (exact) mass is 818 g/mol. The molecular weight excluding hydrogens is 787 g/mol. The molecule has 1 saturated heterocycles. The number of carbonyl (C=O) groups is 2. The van der Waals surface area contributed by atoms with E-state index in [9.17, 15) is 29.1 Å². The summed E-state index contributed by atoms with van der Waals surface area (Å²) in [6.45, 7) is -0.327. The highest BCUT2D eigenvalue weighted by Gasteiger charge is 2.75. The van der Waals surface area contributed by atoms with Gasteiger partial charge < -0.3 is 23.9 Å². The number of hydrogen-bond acceptors (Lipinski definition) is 10. The fourth-order valence-electron chi connectivity index (χ4n) is 7.64. The van der Waals surface area contributed by atoms with Crippen LogP contribution in [0.15, 0.2) is 62.4 Å². The molecule has 4 heterocycles. The SMILES string of the molecule is COc1cc2nc(CCn3c(=O)n4n(c3=O)[C@@H]3C[C@@]5(Cl)C(=O)N(CBr)C(=O)[C@@]5(Cl)[C@@H](c5ccc(OCCO)cc5)C3=CC4)c(=O)n(C)c2cc1OC. The number of aryl methyl sites for hydroxylation is 2. The molecule has 4 atom stereocenters. The van der Waals surface area contributed by atoms with Crippen molar-refractivity contribution in [2.24, 2.45) is 7.05 Å². The first kappa shape index (κ1) is 36.0. The molecule has 0 bridgehead atoms. The number of benzene rings is 2. The van der Waals surface area contributed by atoms with Gasteiger partial charge >= 0.3 is 11.4 Å². The maximum atomic E-state index is 14.2. The summed E-state index contributed by atoms with van der Waals surface area (Å²) < 4.78 is 21.2. The zero-order chi connectivity index (χ0) is 37.3. The number of ether oxygens (including phenoxy) is 3. The number of rotatable bonds is 10. The van der Waals surface area contributed by atoms with E-state index in [1.165, 1.54) is 28.2 Å². The number of allylic oxidation sites excluding steroid dienone is 2. The molecule has 18 heteroatoms. The van der Waals surface area contributed by atoms with Crippen LogP contribution in [0.3, 0.4) is 0 Å². The van der Waals surface area contributed by atoms with Crippen LogP contribution in [0.4, 0.5) is 0 Å². The number of hydrogen-bond donors (Lipinski definition) is 1. The summed E-state index contributed by atoms with van der Waals surface area (Å²) in [7, 11) is 4.56. The van der Waals surface area contributed by atoms with Gasteiger partial charge in [-0.15, -0.1) is 23.2 Å². The number of amides is 2. The smallest absolute Gasteiger partial charge is 0.347 e. The maximum Gasteiger partial charge on any atom is 0.347 e. The Bertz CT molecular complexity index is 2350. The van der Waals surface area contributed by atoms with Gasteiger partial charge in [-0.3, -0.25) is 19.3 Å². The lowest BCUT2D eigenvalue weighted by molar-refractivity contribution is -0.138. The summed E-state index contributed by atoms with van der Waals surface area (Å²) in [6.07, 6.45) is 1.44. The van der Waals surface area contributed by atoms with Crippen molar-refractivity contribution >= 4 is 62.0 Å². The lowest BCUT2D eigenvalue weighted by Crippen LogP contribution is -2.59. The summed E-state index contributed by atoms with van der Waals surface area (Å²) in [5, 5.41) is 9.17. The Morgan fingerprint density at radius 1 is 1.00 bits per heavy atom. The number of halogens is 3. The van der Waals surface area contributed by atoms with E-state index in [2.05, 4.69) is 20.9 Å². The normalized spacial score (nSPS) is 23.7.